The standard InChI is InChI=1S/C23H27F3N4O3/c1-27-21(31)29-10-2-3-19(14-29)30(18-7-8-18)22(32)28-13-15-4-5-17-12-20(33-23(24,25)26)9-6-16(17)11-15/h4-6,9,11-12,18-19H,2-3,7-8,10,13-14H2,1H3,(H,27,31)(H,28,32)/t19-/m1/s1. The topological polar surface area (TPSA) is 73.9 Å². The number of carbonyl (C=O) groups is 2. The first kappa shape index (κ1) is 23.0. The van der Waals surface area contributed by atoms with E-state index in [1.54, 1.807) is 30.1 Å². The summed E-state index contributed by atoms with van der Waals surface area (Å²) in [6, 6.07) is 9.38. The summed E-state index contributed by atoms with van der Waals surface area (Å²) < 4.78 is 41.3. The van der Waals surface area contributed by atoms with Gasteiger partial charge >= 0.3 is 18.4 Å². The molecule has 2 aromatic carbocycles. The lowest BCUT2D eigenvalue weighted by molar-refractivity contribution is -0.274. The van der Waals surface area contributed by atoms with E-state index >= 15 is 0 Å². The first-order chi connectivity index (χ1) is 15.7. The average molecular weight is 464 g/mol. The fourth-order valence-electron chi connectivity index (χ4n) is 4.36. The summed E-state index contributed by atoms with van der Waals surface area (Å²) in [5.74, 6) is -0.269. The second-order valence-electron chi connectivity index (χ2n) is 8.49. The van der Waals surface area contributed by atoms with Gasteiger partial charge in [0.05, 0.1) is 6.04 Å². The fraction of sp³-hybridized carbons (Fsp3) is 0.478. The van der Waals surface area contributed by atoms with Gasteiger partial charge in [-0.1, -0.05) is 18.2 Å². The molecule has 4 amide bonds. The second kappa shape index (κ2) is 9.36. The fourth-order valence-corrected chi connectivity index (χ4v) is 4.36. The number of carbonyl (C=O) groups excluding carboxylic acids is 2. The summed E-state index contributed by atoms with van der Waals surface area (Å²) in [7, 11) is 1.60. The summed E-state index contributed by atoms with van der Waals surface area (Å²) in [5, 5.41) is 6.99. The monoisotopic (exact) mass is 464 g/mol. The second-order valence-corrected chi connectivity index (χ2v) is 8.49. The Morgan fingerprint density at radius 1 is 1.09 bits per heavy atom. The molecule has 2 N–H and O–H groups in total. The molecule has 1 atom stereocenters. The van der Waals surface area contributed by atoms with Crippen LogP contribution in [0.15, 0.2) is 36.4 Å². The van der Waals surface area contributed by atoms with Crippen molar-refractivity contribution in [1.82, 2.24) is 20.4 Å². The molecule has 33 heavy (non-hydrogen) atoms. The maximum atomic E-state index is 13.1. The third kappa shape index (κ3) is 5.80. The highest BCUT2D eigenvalue weighted by Crippen LogP contribution is 2.32. The lowest BCUT2D eigenvalue weighted by atomic mass is 10.0. The zero-order valence-corrected chi connectivity index (χ0v) is 18.3. The number of alkyl halides is 3. The lowest BCUT2D eigenvalue weighted by Crippen LogP contribution is -2.56. The number of benzene rings is 2. The highest BCUT2D eigenvalue weighted by molar-refractivity contribution is 5.84. The van der Waals surface area contributed by atoms with E-state index in [-0.39, 0.29) is 29.9 Å². The van der Waals surface area contributed by atoms with Gasteiger partial charge in [-0.25, -0.2) is 9.59 Å². The first-order valence-corrected chi connectivity index (χ1v) is 11.0. The van der Waals surface area contributed by atoms with Crippen LogP contribution in [0.1, 0.15) is 31.2 Å². The van der Waals surface area contributed by atoms with Crippen molar-refractivity contribution in [1.29, 1.82) is 0 Å². The van der Waals surface area contributed by atoms with Crippen LogP contribution < -0.4 is 15.4 Å². The molecule has 2 fully saturated rings. The third-order valence-corrected chi connectivity index (χ3v) is 6.02. The molecular weight excluding hydrogens is 437 g/mol. The number of halogens is 3. The van der Waals surface area contributed by atoms with Gasteiger partial charge in [-0.15, -0.1) is 13.2 Å². The van der Waals surface area contributed by atoms with E-state index < -0.39 is 6.36 Å². The molecule has 4 rings (SSSR count). The van der Waals surface area contributed by atoms with Gasteiger partial charge in [-0.05, 0) is 60.2 Å². The van der Waals surface area contributed by atoms with Gasteiger partial charge in [0.1, 0.15) is 5.75 Å². The van der Waals surface area contributed by atoms with E-state index in [0.29, 0.717) is 25.0 Å². The highest BCUT2D eigenvalue weighted by atomic mass is 19.4. The molecule has 1 heterocycles. The minimum absolute atomic E-state index is 0.0211. The third-order valence-electron chi connectivity index (χ3n) is 6.02. The van der Waals surface area contributed by atoms with Crippen LogP contribution in [0.2, 0.25) is 0 Å². The Hall–Kier alpha value is -3.17. The molecule has 7 nitrogen and oxygen atoms in total. The molecule has 2 aromatic rings. The van der Waals surface area contributed by atoms with Crippen molar-refractivity contribution >= 4 is 22.8 Å². The van der Waals surface area contributed by atoms with Gasteiger partial charge in [0.2, 0.25) is 0 Å². The summed E-state index contributed by atoms with van der Waals surface area (Å²) in [4.78, 5) is 28.7. The Morgan fingerprint density at radius 2 is 1.82 bits per heavy atom. The molecule has 0 spiro atoms. The van der Waals surface area contributed by atoms with Gasteiger partial charge in [0, 0.05) is 32.7 Å². The molecule has 0 unspecified atom stereocenters. The number of urea groups is 2. The number of amides is 4. The van der Waals surface area contributed by atoms with E-state index in [4.69, 9.17) is 0 Å². The molecule has 10 heteroatoms. The highest BCUT2D eigenvalue weighted by Gasteiger charge is 2.39. The minimum Gasteiger partial charge on any atom is -0.406 e. The molecule has 0 radical (unpaired) electrons. The van der Waals surface area contributed by atoms with E-state index in [1.807, 2.05) is 11.0 Å². The smallest absolute Gasteiger partial charge is 0.406 e. The van der Waals surface area contributed by atoms with Crippen LogP contribution >= 0.6 is 0 Å². The van der Waals surface area contributed by atoms with Crippen molar-refractivity contribution < 1.29 is 27.5 Å². The Labute approximate surface area is 189 Å². The summed E-state index contributed by atoms with van der Waals surface area (Å²) in [6.07, 6.45) is -1.11. The van der Waals surface area contributed by atoms with Crippen LogP contribution in [0.25, 0.3) is 10.8 Å². The Morgan fingerprint density at radius 3 is 2.52 bits per heavy atom. The number of hydrogen-bond donors (Lipinski definition) is 2. The van der Waals surface area contributed by atoms with Crippen molar-refractivity contribution in [3.63, 3.8) is 0 Å². The maximum absolute atomic E-state index is 13.1. The van der Waals surface area contributed by atoms with E-state index in [0.717, 1.165) is 36.6 Å². The van der Waals surface area contributed by atoms with Crippen molar-refractivity contribution in [2.75, 3.05) is 20.1 Å². The van der Waals surface area contributed by atoms with Gasteiger partial charge < -0.3 is 25.2 Å². The Bertz CT molecular complexity index is 1030. The number of rotatable bonds is 5. The molecule has 1 saturated carbocycles. The van der Waals surface area contributed by atoms with Crippen molar-refractivity contribution in [3.05, 3.63) is 42.0 Å². The van der Waals surface area contributed by atoms with Crippen LogP contribution in [-0.4, -0.2) is 60.4 Å². The van der Waals surface area contributed by atoms with Crippen molar-refractivity contribution in [2.24, 2.45) is 0 Å². The molecule has 0 aromatic heterocycles. The normalized spacial score (nSPS) is 18.7. The summed E-state index contributed by atoms with van der Waals surface area (Å²) in [5.41, 5.74) is 0.840. The number of hydrogen-bond acceptors (Lipinski definition) is 3. The number of nitrogens with one attached hydrogen (secondary N) is 2. The largest absolute Gasteiger partial charge is 0.573 e. The molecule has 1 aliphatic carbocycles. The number of piperidine rings is 1. The molecule has 1 aliphatic heterocycles. The van der Waals surface area contributed by atoms with Crippen LogP contribution in [0, 0.1) is 0 Å². The Balaban J connectivity index is 1.40. The molecule has 0 bridgehead atoms. The molecule has 2 aliphatic rings. The molecule has 1 saturated heterocycles. The van der Waals surface area contributed by atoms with Gasteiger partial charge in [0.25, 0.3) is 0 Å². The van der Waals surface area contributed by atoms with Crippen molar-refractivity contribution in [3.8, 4) is 5.75 Å². The lowest BCUT2D eigenvalue weighted by Gasteiger charge is -2.39. The van der Waals surface area contributed by atoms with E-state index in [1.165, 1.54) is 12.1 Å². The summed E-state index contributed by atoms with van der Waals surface area (Å²) >= 11 is 0. The molecule has 178 valence electrons. The maximum Gasteiger partial charge on any atom is 0.573 e. The SMILES string of the molecule is CNC(=O)N1CCC[C@@H](N(C(=O)NCc2ccc3cc(OC(F)(F)F)ccc3c2)C2CC2)C1. The zero-order valence-electron chi connectivity index (χ0n) is 18.3. The van der Waals surface area contributed by atoms with E-state index in [9.17, 15) is 22.8 Å². The number of ether oxygens (including phenoxy) is 1. The number of nitrogens with zero attached hydrogens (tertiary/aromatic N) is 2. The van der Waals surface area contributed by atoms with Crippen LogP contribution in [0.5, 0.6) is 5.75 Å². The predicted molar refractivity (Wildman–Crippen MR) is 117 cm³/mol. The molecular formula is C23H27F3N4O3. The van der Waals surface area contributed by atoms with Crippen molar-refractivity contribution in [2.45, 2.75) is 50.7 Å². The van der Waals surface area contributed by atoms with Crippen LogP contribution in [0.3, 0.4) is 0 Å². The van der Waals surface area contributed by atoms with Crippen LogP contribution in [0.4, 0.5) is 22.8 Å². The van der Waals surface area contributed by atoms with Gasteiger partial charge in [-0.2, -0.15) is 0 Å². The zero-order chi connectivity index (χ0) is 23.6. The van der Waals surface area contributed by atoms with E-state index in [2.05, 4.69) is 15.4 Å². The first-order valence-electron chi connectivity index (χ1n) is 11.0. The van der Waals surface area contributed by atoms with Gasteiger partial charge in [0.15, 0.2) is 0 Å². The number of fused-ring (bicyclic) bond motifs is 1. The quantitative estimate of drug-likeness (QED) is 0.696. The predicted octanol–water partition coefficient (Wildman–Crippen LogP) is 4.22. The average Bonchev–Trinajstić information content (AvgIpc) is 3.61. The number of likely N-dealkylation sites (tertiary alicyclic amines) is 1. The summed E-state index contributed by atoms with van der Waals surface area (Å²) in [6.45, 7) is 1.50. The van der Waals surface area contributed by atoms with Crippen LogP contribution in [-0.2, 0) is 6.54 Å². The minimum atomic E-state index is -4.74. The van der Waals surface area contributed by atoms with Gasteiger partial charge in [-0.3, -0.25) is 0 Å². The Kier molecular flexibility index (Phi) is 6.53.